The highest BCUT2D eigenvalue weighted by Crippen LogP contribution is 2.28. The Morgan fingerprint density at radius 2 is 2.33 bits per heavy atom. The average Bonchev–Trinajstić information content (AvgIpc) is 1.82. The maximum Gasteiger partial charge on any atom is 0.206 e. The van der Waals surface area contributed by atoms with Gasteiger partial charge in [0.1, 0.15) is 5.12 Å². The summed E-state index contributed by atoms with van der Waals surface area (Å²) < 4.78 is 10.2. The molecule has 0 aromatic rings. The smallest absolute Gasteiger partial charge is 0.206 e. The first-order valence-corrected chi connectivity index (χ1v) is 4.85. The fourth-order valence-electron chi connectivity index (χ4n) is 0.310. The van der Waals surface area contributed by atoms with Crippen molar-refractivity contribution in [2.45, 2.75) is 11.5 Å². The molecule has 0 amide bonds. The van der Waals surface area contributed by atoms with E-state index >= 15 is 0 Å². The summed E-state index contributed by atoms with van der Waals surface area (Å²) in [5.74, 6) is 0.443. The third-order valence-corrected chi connectivity index (χ3v) is 2.38. The molecule has 0 aliphatic carbocycles. The topological polar surface area (TPSA) is 37.3 Å². The van der Waals surface area contributed by atoms with Gasteiger partial charge in [0.25, 0.3) is 0 Å². The Morgan fingerprint density at radius 1 is 1.78 bits per heavy atom. The van der Waals surface area contributed by atoms with E-state index in [1.807, 2.05) is 0 Å². The molecule has 0 aliphatic rings. The molecule has 0 aliphatic heterocycles. The van der Waals surface area contributed by atoms with Crippen LogP contribution in [0.4, 0.5) is 0 Å². The van der Waals surface area contributed by atoms with Crippen molar-refractivity contribution in [1.82, 2.24) is 0 Å². The van der Waals surface area contributed by atoms with Gasteiger partial charge >= 0.3 is 0 Å². The van der Waals surface area contributed by atoms with Gasteiger partial charge in [0.05, 0.1) is 0 Å². The van der Waals surface area contributed by atoms with Gasteiger partial charge in [-0.2, -0.15) is 0 Å². The van der Waals surface area contributed by atoms with Crippen LogP contribution >= 0.6 is 31.2 Å². The Hall–Kier alpha value is 0.770. The summed E-state index contributed by atoms with van der Waals surface area (Å²) in [6.45, 7) is 0. The predicted molar refractivity (Wildman–Crippen MR) is 40.5 cm³/mol. The molecule has 1 radical (unpaired) electrons. The van der Waals surface area contributed by atoms with Crippen molar-refractivity contribution in [2.75, 3.05) is 5.88 Å². The van der Waals surface area contributed by atoms with E-state index in [1.165, 1.54) is 6.42 Å². The van der Waals surface area contributed by atoms with Gasteiger partial charge < -0.3 is 4.89 Å². The van der Waals surface area contributed by atoms with Gasteiger partial charge in [-0.05, 0) is 12.8 Å². The SMILES string of the molecule is O=[PH](O)C(Cl)[CH]CCCl. The van der Waals surface area contributed by atoms with Crippen molar-refractivity contribution in [3.05, 3.63) is 6.42 Å². The summed E-state index contributed by atoms with van der Waals surface area (Å²) in [6.07, 6.45) is 2.11. The molecular formula is C4H8Cl2O2P. The molecule has 2 unspecified atom stereocenters. The van der Waals surface area contributed by atoms with Crippen molar-refractivity contribution >= 4 is 31.2 Å². The summed E-state index contributed by atoms with van der Waals surface area (Å²) in [5, 5.41) is -0.714. The van der Waals surface area contributed by atoms with Crippen LogP contribution in [0, 0.1) is 6.42 Å². The highest BCUT2D eigenvalue weighted by Gasteiger charge is 2.08. The van der Waals surface area contributed by atoms with E-state index in [9.17, 15) is 4.57 Å². The predicted octanol–water partition coefficient (Wildman–Crippen LogP) is 1.85. The summed E-state index contributed by atoms with van der Waals surface area (Å²) in [5.41, 5.74) is 0. The van der Waals surface area contributed by atoms with E-state index in [2.05, 4.69) is 0 Å². The lowest BCUT2D eigenvalue weighted by molar-refractivity contribution is 0.502. The third kappa shape index (κ3) is 5.23. The third-order valence-electron chi connectivity index (χ3n) is 0.719. The van der Waals surface area contributed by atoms with E-state index in [4.69, 9.17) is 28.1 Å². The fourth-order valence-corrected chi connectivity index (χ4v) is 0.930. The molecule has 0 saturated carbocycles. The maximum absolute atomic E-state index is 10.2. The highest BCUT2D eigenvalue weighted by atomic mass is 35.5. The summed E-state index contributed by atoms with van der Waals surface area (Å²) in [6, 6.07) is 0. The van der Waals surface area contributed by atoms with Crippen LogP contribution < -0.4 is 0 Å². The lowest BCUT2D eigenvalue weighted by atomic mass is 10.4. The molecule has 0 aromatic carbocycles. The van der Waals surface area contributed by atoms with E-state index in [0.717, 1.165) is 0 Å². The minimum Gasteiger partial charge on any atom is -0.345 e. The summed E-state index contributed by atoms with van der Waals surface area (Å²) >= 11 is 10.7. The zero-order chi connectivity index (χ0) is 7.28. The Labute approximate surface area is 65.0 Å². The van der Waals surface area contributed by atoms with Crippen LogP contribution in [0.5, 0.6) is 0 Å². The minimum atomic E-state index is -2.58. The van der Waals surface area contributed by atoms with Gasteiger partial charge in [0.15, 0.2) is 0 Å². The molecule has 0 saturated heterocycles. The number of hydrogen-bond acceptors (Lipinski definition) is 1. The van der Waals surface area contributed by atoms with Gasteiger partial charge in [0.2, 0.25) is 8.03 Å². The number of hydrogen-bond donors (Lipinski definition) is 1. The van der Waals surface area contributed by atoms with Gasteiger partial charge in [-0.15, -0.1) is 23.2 Å². The van der Waals surface area contributed by atoms with Gasteiger partial charge in [-0.3, -0.25) is 4.57 Å². The maximum atomic E-state index is 10.2. The van der Waals surface area contributed by atoms with Gasteiger partial charge in [-0.25, -0.2) is 0 Å². The van der Waals surface area contributed by atoms with Crippen molar-refractivity contribution in [1.29, 1.82) is 0 Å². The number of rotatable bonds is 4. The Bertz CT molecular complexity index is 98.6. The second-order valence-corrected chi connectivity index (χ2v) is 3.97. The Morgan fingerprint density at radius 3 is 2.67 bits per heavy atom. The molecular weight excluding hydrogens is 182 g/mol. The summed E-state index contributed by atoms with van der Waals surface area (Å²) in [4.78, 5) is 8.39. The van der Waals surface area contributed by atoms with Crippen LogP contribution in [0.15, 0.2) is 0 Å². The standard InChI is InChI=1S/C4H8Cl2O2P/c5-3-1-2-4(6)9(7)8/h2,4,9H,1,3H2,(H,7,8). The molecule has 0 aromatic heterocycles. The minimum absolute atomic E-state index is 0.443. The van der Waals surface area contributed by atoms with Crippen LogP contribution in [0.2, 0.25) is 0 Å². The van der Waals surface area contributed by atoms with Gasteiger partial charge in [0, 0.05) is 5.88 Å². The molecule has 9 heavy (non-hydrogen) atoms. The zero-order valence-electron chi connectivity index (χ0n) is 4.68. The fraction of sp³-hybridized carbons (Fsp3) is 0.750. The van der Waals surface area contributed by atoms with Crippen LogP contribution in [0.25, 0.3) is 0 Å². The van der Waals surface area contributed by atoms with Crippen LogP contribution in [0.1, 0.15) is 6.42 Å². The van der Waals surface area contributed by atoms with Crippen molar-refractivity contribution in [3.8, 4) is 0 Å². The Balaban J connectivity index is 3.27. The molecule has 0 fully saturated rings. The summed E-state index contributed by atoms with van der Waals surface area (Å²) in [7, 11) is -2.58. The average molecular weight is 190 g/mol. The highest BCUT2D eigenvalue weighted by molar-refractivity contribution is 7.41. The number of alkyl halides is 2. The van der Waals surface area contributed by atoms with E-state index in [-0.39, 0.29) is 0 Å². The molecule has 0 rings (SSSR count). The zero-order valence-corrected chi connectivity index (χ0v) is 7.19. The second-order valence-electron chi connectivity index (χ2n) is 1.45. The molecule has 1 N–H and O–H groups in total. The number of halogens is 2. The molecule has 2 nitrogen and oxygen atoms in total. The molecule has 2 atom stereocenters. The first-order chi connectivity index (χ1) is 4.18. The molecule has 5 heteroatoms. The Kier molecular flexibility index (Phi) is 6.02. The lowest BCUT2D eigenvalue weighted by Crippen LogP contribution is -1.92. The monoisotopic (exact) mass is 189 g/mol. The molecule has 55 valence electrons. The molecule has 0 spiro atoms. The molecule has 0 heterocycles. The van der Waals surface area contributed by atoms with Crippen LogP contribution in [0.3, 0.4) is 0 Å². The first-order valence-electron chi connectivity index (χ1n) is 2.44. The van der Waals surface area contributed by atoms with E-state index in [1.54, 1.807) is 0 Å². The van der Waals surface area contributed by atoms with Crippen molar-refractivity contribution in [2.24, 2.45) is 0 Å². The second kappa shape index (κ2) is 5.55. The first kappa shape index (κ1) is 9.77. The van der Waals surface area contributed by atoms with Crippen LogP contribution in [-0.4, -0.2) is 15.9 Å². The van der Waals surface area contributed by atoms with Gasteiger partial charge in [-0.1, -0.05) is 0 Å². The van der Waals surface area contributed by atoms with E-state index < -0.39 is 13.1 Å². The normalized spacial score (nSPS) is 17.2. The van der Waals surface area contributed by atoms with Crippen molar-refractivity contribution < 1.29 is 9.46 Å². The largest absolute Gasteiger partial charge is 0.345 e. The van der Waals surface area contributed by atoms with Crippen LogP contribution in [-0.2, 0) is 4.57 Å². The van der Waals surface area contributed by atoms with Crippen molar-refractivity contribution in [3.63, 3.8) is 0 Å². The van der Waals surface area contributed by atoms with E-state index in [0.29, 0.717) is 12.3 Å². The molecule has 0 bridgehead atoms. The lowest BCUT2D eigenvalue weighted by Gasteiger charge is -2.00. The quantitative estimate of drug-likeness (QED) is 0.542.